The second-order valence-electron chi connectivity index (χ2n) is 7.03. The first-order valence-corrected chi connectivity index (χ1v) is 9.10. The predicted molar refractivity (Wildman–Crippen MR) is 110 cm³/mol. The van der Waals surface area contributed by atoms with Gasteiger partial charge in [0.25, 0.3) is 5.91 Å². The van der Waals surface area contributed by atoms with Gasteiger partial charge in [0.05, 0.1) is 17.1 Å². The number of nitrogens with zero attached hydrogens (tertiary/aromatic N) is 1. The average Bonchev–Trinajstić information content (AvgIpc) is 3.07. The highest BCUT2D eigenvalue weighted by Crippen LogP contribution is 2.27. The van der Waals surface area contributed by atoms with Crippen LogP contribution in [0.1, 0.15) is 35.9 Å². The Hall–Kier alpha value is -3.37. The van der Waals surface area contributed by atoms with E-state index >= 15 is 0 Å². The van der Waals surface area contributed by atoms with Crippen molar-refractivity contribution in [2.75, 3.05) is 23.2 Å². The van der Waals surface area contributed by atoms with Crippen LogP contribution in [-0.4, -0.2) is 23.6 Å². The molecule has 154 valence electrons. The number of nitrogen functional groups attached to an aromatic ring is 1. The van der Waals surface area contributed by atoms with Gasteiger partial charge in [-0.2, -0.15) is 0 Å². The van der Waals surface area contributed by atoms with E-state index < -0.39 is 12.1 Å². The molecule has 1 aliphatic heterocycles. The lowest BCUT2D eigenvalue weighted by Crippen LogP contribution is -2.46. The molecule has 29 heavy (non-hydrogen) atoms. The molecule has 1 unspecified atom stereocenters. The largest absolute Gasteiger partial charge is 0.397 e. The Kier molecular flexibility index (Phi) is 6.15. The molecule has 0 bridgehead atoms. The van der Waals surface area contributed by atoms with Crippen LogP contribution in [0, 0.1) is 11.7 Å². The Morgan fingerprint density at radius 1 is 1.31 bits per heavy atom. The lowest BCUT2D eigenvalue weighted by Gasteiger charge is -2.18. The van der Waals surface area contributed by atoms with E-state index in [2.05, 4.69) is 26.5 Å². The van der Waals surface area contributed by atoms with E-state index in [0.29, 0.717) is 23.5 Å². The van der Waals surface area contributed by atoms with Crippen molar-refractivity contribution < 1.29 is 14.4 Å². The van der Waals surface area contributed by atoms with E-state index in [9.17, 15) is 9.18 Å². The highest BCUT2D eigenvalue weighted by molar-refractivity contribution is 6.06. The number of amides is 1. The van der Waals surface area contributed by atoms with Crippen LogP contribution in [0.2, 0.25) is 0 Å². The molecule has 0 spiro atoms. The molecule has 0 saturated carbocycles. The van der Waals surface area contributed by atoms with Crippen molar-refractivity contribution in [3.05, 3.63) is 53.3 Å². The number of carbonyl (C=O) groups is 1. The number of fused-ring (bicyclic) bond motifs is 1. The minimum Gasteiger partial charge on any atom is -0.397 e. The normalized spacial score (nSPS) is 15.6. The zero-order chi connectivity index (χ0) is 21.0. The summed E-state index contributed by atoms with van der Waals surface area (Å²) in [7, 11) is 0. The maximum Gasteiger partial charge on any atom is 0.258 e. The second-order valence-corrected chi connectivity index (χ2v) is 7.03. The van der Waals surface area contributed by atoms with Crippen LogP contribution in [0.5, 0.6) is 0 Å². The summed E-state index contributed by atoms with van der Waals surface area (Å²) >= 11 is 0. The lowest BCUT2D eigenvalue weighted by atomic mass is 10.1. The number of hydrazine groups is 1. The molecule has 0 aliphatic carbocycles. The number of anilines is 3. The van der Waals surface area contributed by atoms with Gasteiger partial charge >= 0.3 is 0 Å². The first kappa shape index (κ1) is 20.4. The highest BCUT2D eigenvalue weighted by Gasteiger charge is 2.24. The summed E-state index contributed by atoms with van der Waals surface area (Å²) in [4.78, 5) is 17.1. The van der Waals surface area contributed by atoms with E-state index in [1.165, 1.54) is 30.3 Å². The van der Waals surface area contributed by atoms with E-state index in [1.54, 1.807) is 6.07 Å². The Morgan fingerprint density at radius 2 is 2.10 bits per heavy atom. The van der Waals surface area contributed by atoms with E-state index in [4.69, 9.17) is 10.9 Å². The summed E-state index contributed by atoms with van der Waals surface area (Å²) in [5, 5.41) is 14.8. The monoisotopic (exact) mass is 401 g/mol. The first-order valence-electron chi connectivity index (χ1n) is 9.10. The molecule has 2 aromatic carbocycles. The fourth-order valence-corrected chi connectivity index (χ4v) is 2.75. The quantitative estimate of drug-likeness (QED) is 0.177. The molecule has 1 heterocycles. The molecule has 10 heteroatoms. The molecule has 0 fully saturated rings. The van der Waals surface area contributed by atoms with Crippen molar-refractivity contribution in [3.8, 4) is 0 Å². The number of benzene rings is 2. The van der Waals surface area contributed by atoms with Gasteiger partial charge in [0.15, 0.2) is 5.96 Å². The summed E-state index contributed by atoms with van der Waals surface area (Å²) in [6.07, 6.45) is -0.414. The van der Waals surface area contributed by atoms with Crippen LogP contribution >= 0.6 is 0 Å². The smallest absolute Gasteiger partial charge is 0.258 e. The van der Waals surface area contributed by atoms with Crippen molar-refractivity contribution in [1.29, 1.82) is 0 Å². The summed E-state index contributed by atoms with van der Waals surface area (Å²) in [6, 6.07) is 8.87. The van der Waals surface area contributed by atoms with Gasteiger partial charge in [-0.1, -0.05) is 19.9 Å². The zero-order valence-electron chi connectivity index (χ0n) is 16.1. The number of hydrogen-bond acceptors (Lipinski definition) is 7. The molecule has 8 N–H and O–H groups in total. The van der Waals surface area contributed by atoms with Crippen LogP contribution < -0.4 is 32.7 Å². The van der Waals surface area contributed by atoms with Crippen LogP contribution in [-0.2, 0) is 0 Å². The first-order chi connectivity index (χ1) is 13.9. The van der Waals surface area contributed by atoms with Crippen molar-refractivity contribution >= 4 is 28.9 Å². The number of halogens is 1. The summed E-state index contributed by atoms with van der Waals surface area (Å²) < 4.78 is 13.4. The maximum absolute atomic E-state index is 13.4. The summed E-state index contributed by atoms with van der Waals surface area (Å²) in [6.45, 7) is 4.52. The molecule has 0 aromatic heterocycles. The van der Waals surface area contributed by atoms with Gasteiger partial charge in [0.2, 0.25) is 0 Å². The Labute approximate surface area is 167 Å². The topological polar surface area (TPSA) is 136 Å². The molecule has 1 atom stereocenters. The number of nitrogens with one attached hydrogen (secondary N) is 5. The average molecular weight is 401 g/mol. The maximum atomic E-state index is 13.4. The van der Waals surface area contributed by atoms with Crippen LogP contribution in [0.25, 0.3) is 0 Å². The van der Waals surface area contributed by atoms with Gasteiger partial charge < -0.3 is 16.5 Å². The summed E-state index contributed by atoms with van der Waals surface area (Å²) in [5.41, 5.74) is 15.9. The Balaban J connectivity index is 1.77. The number of nitrogens with two attached hydrogens (primary N) is 1. The van der Waals surface area contributed by atoms with E-state index in [0.717, 1.165) is 5.56 Å². The third kappa shape index (κ3) is 4.92. The third-order valence-corrected chi connectivity index (χ3v) is 4.24. The van der Waals surface area contributed by atoms with Gasteiger partial charge in [0.1, 0.15) is 12.0 Å². The molecule has 0 saturated heterocycles. The Morgan fingerprint density at radius 3 is 2.79 bits per heavy atom. The minimum atomic E-state index is -0.415. The summed E-state index contributed by atoms with van der Waals surface area (Å²) in [5.74, 6) is -0.214. The number of carbonyl (C=O) groups excluding carboxylic acids is 1. The third-order valence-electron chi connectivity index (χ3n) is 4.24. The van der Waals surface area contributed by atoms with Gasteiger partial charge in [-0.25, -0.2) is 9.82 Å². The predicted octanol–water partition coefficient (Wildman–Crippen LogP) is 2.17. The van der Waals surface area contributed by atoms with Gasteiger partial charge in [-0.3, -0.25) is 25.8 Å². The van der Waals surface area contributed by atoms with Crippen molar-refractivity contribution in [2.45, 2.75) is 20.0 Å². The van der Waals surface area contributed by atoms with Gasteiger partial charge in [-0.05, 0) is 36.2 Å². The molecule has 3 rings (SSSR count). The molecular formula is C19H24FN7O2. The standard InChI is InChI=1S/C19H24FN7O2/c1-10(2)9-22-19(23-17-13-5-4-12(20)8-16(13)25-26-17)24-18(28)11-3-6-15(27-29)14(21)7-11/h3-8,10,17,25-27,29H,9,21H2,1-2H3,(H2,22,23,24,28). The molecule has 0 radical (unpaired) electrons. The molecule has 9 nitrogen and oxygen atoms in total. The fraction of sp³-hybridized carbons (Fsp3) is 0.263. The Bertz CT molecular complexity index is 933. The number of hydrogen-bond donors (Lipinski definition) is 7. The highest BCUT2D eigenvalue weighted by atomic mass is 19.1. The minimum absolute atomic E-state index is 0.228. The molecular weight excluding hydrogens is 377 g/mol. The fourth-order valence-electron chi connectivity index (χ4n) is 2.75. The van der Waals surface area contributed by atoms with E-state index in [1.807, 2.05) is 19.3 Å². The van der Waals surface area contributed by atoms with E-state index in [-0.39, 0.29) is 23.4 Å². The van der Waals surface area contributed by atoms with Gasteiger partial charge in [-0.15, -0.1) is 0 Å². The number of rotatable bonds is 5. The number of guanidine groups is 1. The van der Waals surface area contributed by atoms with Crippen LogP contribution in [0.15, 0.2) is 41.4 Å². The second kappa shape index (κ2) is 8.76. The van der Waals surface area contributed by atoms with Crippen molar-refractivity contribution in [2.24, 2.45) is 10.9 Å². The van der Waals surface area contributed by atoms with Crippen molar-refractivity contribution in [1.82, 2.24) is 16.1 Å². The SMILES string of the molecule is CC(C)CN=C(NC(=O)c1ccc(NO)c(N)c1)NC1NNc2cc(F)ccc21. The number of aliphatic imine (C=N–C) groups is 1. The van der Waals surface area contributed by atoms with Crippen LogP contribution in [0.3, 0.4) is 0 Å². The molecule has 1 aliphatic rings. The lowest BCUT2D eigenvalue weighted by molar-refractivity contribution is 0.0975. The van der Waals surface area contributed by atoms with Crippen LogP contribution in [0.4, 0.5) is 21.5 Å². The molecule has 1 amide bonds. The zero-order valence-corrected chi connectivity index (χ0v) is 16.1. The van der Waals surface area contributed by atoms with Gasteiger partial charge in [0, 0.05) is 17.7 Å². The molecule has 2 aromatic rings. The van der Waals surface area contributed by atoms with Crippen molar-refractivity contribution in [3.63, 3.8) is 0 Å².